The standard InChI is InChI=1S/C13H22N4O2/c1-9(6-12(18)19)16-10-7-11(15-8-14-10)17(5)13(2,3)4/h7-9H,6H2,1-5H3,(H,18,19)(H,14,15,16). The van der Waals surface area contributed by atoms with Crippen LogP contribution in [0.4, 0.5) is 11.6 Å². The summed E-state index contributed by atoms with van der Waals surface area (Å²) in [6.07, 6.45) is 1.53. The molecule has 1 atom stereocenters. The summed E-state index contributed by atoms with van der Waals surface area (Å²) in [6, 6.07) is 1.64. The maximum Gasteiger partial charge on any atom is 0.305 e. The molecule has 0 saturated heterocycles. The number of carbonyl (C=O) groups is 1. The van der Waals surface area contributed by atoms with Crippen LogP contribution < -0.4 is 10.2 Å². The van der Waals surface area contributed by atoms with E-state index in [0.717, 1.165) is 5.82 Å². The molecule has 106 valence electrons. The van der Waals surface area contributed by atoms with Gasteiger partial charge >= 0.3 is 5.97 Å². The molecule has 1 aromatic rings. The molecule has 2 N–H and O–H groups in total. The number of rotatable bonds is 5. The van der Waals surface area contributed by atoms with Crippen LogP contribution in [0.3, 0.4) is 0 Å². The Bertz CT molecular complexity index is 443. The molecule has 0 saturated carbocycles. The van der Waals surface area contributed by atoms with Crippen LogP contribution in [-0.2, 0) is 4.79 Å². The number of hydrogen-bond donors (Lipinski definition) is 2. The number of hydrogen-bond acceptors (Lipinski definition) is 5. The first-order chi connectivity index (χ1) is 8.70. The number of carboxylic acids is 1. The zero-order chi connectivity index (χ0) is 14.6. The SMILES string of the molecule is CC(CC(=O)O)Nc1cc(N(C)C(C)(C)C)ncn1. The fraction of sp³-hybridized carbons (Fsp3) is 0.615. The molecule has 0 amide bonds. The topological polar surface area (TPSA) is 78.4 Å². The zero-order valence-electron chi connectivity index (χ0n) is 12.1. The fourth-order valence-electron chi connectivity index (χ4n) is 1.52. The molecule has 1 aromatic heterocycles. The molecule has 1 heterocycles. The lowest BCUT2D eigenvalue weighted by Gasteiger charge is -2.33. The van der Waals surface area contributed by atoms with E-state index in [1.807, 2.05) is 24.9 Å². The third-order valence-corrected chi connectivity index (χ3v) is 2.88. The Morgan fingerprint density at radius 3 is 2.63 bits per heavy atom. The number of aromatic nitrogens is 2. The molecule has 0 bridgehead atoms. The summed E-state index contributed by atoms with van der Waals surface area (Å²) >= 11 is 0. The van der Waals surface area contributed by atoms with Crippen molar-refractivity contribution in [3.63, 3.8) is 0 Å². The quantitative estimate of drug-likeness (QED) is 0.848. The van der Waals surface area contributed by atoms with Crippen molar-refractivity contribution >= 4 is 17.6 Å². The molecular formula is C13H22N4O2. The van der Waals surface area contributed by atoms with Crippen LogP contribution in [-0.4, -0.2) is 39.7 Å². The molecule has 0 aromatic carbocycles. The summed E-state index contributed by atoms with van der Waals surface area (Å²) in [5.74, 6) is 0.600. The van der Waals surface area contributed by atoms with Gasteiger partial charge in [0.1, 0.15) is 18.0 Å². The molecule has 0 aliphatic rings. The van der Waals surface area contributed by atoms with E-state index in [2.05, 4.69) is 36.1 Å². The van der Waals surface area contributed by atoms with Crippen molar-refractivity contribution in [2.75, 3.05) is 17.3 Å². The van der Waals surface area contributed by atoms with E-state index in [9.17, 15) is 4.79 Å². The van der Waals surface area contributed by atoms with Gasteiger partial charge in [-0.25, -0.2) is 9.97 Å². The average Bonchev–Trinajstić information content (AvgIpc) is 2.25. The zero-order valence-corrected chi connectivity index (χ0v) is 12.1. The van der Waals surface area contributed by atoms with Crippen LogP contribution >= 0.6 is 0 Å². The highest BCUT2D eigenvalue weighted by atomic mass is 16.4. The van der Waals surface area contributed by atoms with Gasteiger partial charge in [-0.2, -0.15) is 0 Å². The molecule has 1 unspecified atom stereocenters. The average molecular weight is 266 g/mol. The molecule has 6 heteroatoms. The van der Waals surface area contributed by atoms with E-state index in [1.54, 1.807) is 0 Å². The van der Waals surface area contributed by atoms with E-state index in [-0.39, 0.29) is 18.0 Å². The van der Waals surface area contributed by atoms with Crippen molar-refractivity contribution in [1.29, 1.82) is 0 Å². The van der Waals surface area contributed by atoms with Crippen LogP contribution in [0.15, 0.2) is 12.4 Å². The second-order valence-corrected chi connectivity index (χ2v) is 5.63. The van der Waals surface area contributed by atoms with Gasteiger partial charge in [-0.05, 0) is 27.7 Å². The van der Waals surface area contributed by atoms with Crippen molar-refractivity contribution in [3.8, 4) is 0 Å². The van der Waals surface area contributed by atoms with E-state index >= 15 is 0 Å². The predicted octanol–water partition coefficient (Wildman–Crippen LogP) is 1.99. The minimum absolute atomic E-state index is 0.0433. The van der Waals surface area contributed by atoms with Crippen molar-refractivity contribution in [2.24, 2.45) is 0 Å². The summed E-state index contributed by atoms with van der Waals surface area (Å²) < 4.78 is 0. The summed E-state index contributed by atoms with van der Waals surface area (Å²) in [5, 5.41) is 11.8. The van der Waals surface area contributed by atoms with Gasteiger partial charge in [0.2, 0.25) is 0 Å². The first-order valence-corrected chi connectivity index (χ1v) is 6.24. The van der Waals surface area contributed by atoms with Crippen LogP contribution in [0.5, 0.6) is 0 Å². The summed E-state index contributed by atoms with van der Waals surface area (Å²) in [7, 11) is 1.97. The predicted molar refractivity (Wildman–Crippen MR) is 75.5 cm³/mol. The van der Waals surface area contributed by atoms with E-state index in [1.165, 1.54) is 6.33 Å². The monoisotopic (exact) mass is 266 g/mol. The number of nitrogens with one attached hydrogen (secondary N) is 1. The largest absolute Gasteiger partial charge is 0.481 e. The van der Waals surface area contributed by atoms with Gasteiger partial charge in [-0.3, -0.25) is 4.79 Å². The van der Waals surface area contributed by atoms with Gasteiger partial charge in [-0.1, -0.05) is 0 Å². The molecule has 0 fully saturated rings. The Balaban J connectivity index is 2.80. The molecule has 0 aliphatic heterocycles. The van der Waals surface area contributed by atoms with Crippen LogP contribution in [0, 0.1) is 0 Å². The third kappa shape index (κ3) is 4.73. The molecular weight excluding hydrogens is 244 g/mol. The summed E-state index contributed by atoms with van der Waals surface area (Å²) in [6.45, 7) is 8.09. The number of aliphatic carboxylic acids is 1. The highest BCUT2D eigenvalue weighted by molar-refractivity contribution is 5.68. The van der Waals surface area contributed by atoms with Gasteiger partial charge in [0, 0.05) is 24.7 Å². The van der Waals surface area contributed by atoms with E-state index < -0.39 is 5.97 Å². The maximum atomic E-state index is 10.6. The van der Waals surface area contributed by atoms with Gasteiger partial charge in [-0.15, -0.1) is 0 Å². The van der Waals surface area contributed by atoms with Crippen LogP contribution in [0.1, 0.15) is 34.1 Å². The lowest BCUT2D eigenvalue weighted by atomic mass is 10.1. The smallest absolute Gasteiger partial charge is 0.305 e. The highest BCUT2D eigenvalue weighted by Crippen LogP contribution is 2.21. The number of nitrogens with zero attached hydrogens (tertiary/aromatic N) is 3. The Morgan fingerprint density at radius 2 is 2.11 bits per heavy atom. The summed E-state index contributed by atoms with van der Waals surface area (Å²) in [4.78, 5) is 21.0. The molecule has 1 rings (SSSR count). The lowest BCUT2D eigenvalue weighted by Crippen LogP contribution is -2.38. The van der Waals surface area contributed by atoms with Crippen LogP contribution in [0.25, 0.3) is 0 Å². The van der Waals surface area contributed by atoms with Crippen molar-refractivity contribution < 1.29 is 9.90 Å². The molecule has 0 aliphatic carbocycles. The van der Waals surface area contributed by atoms with E-state index in [0.29, 0.717) is 5.82 Å². The number of anilines is 2. The molecule has 19 heavy (non-hydrogen) atoms. The van der Waals surface area contributed by atoms with Crippen molar-refractivity contribution in [3.05, 3.63) is 12.4 Å². The Kier molecular flexibility index (Phi) is 4.69. The van der Waals surface area contributed by atoms with Crippen molar-refractivity contribution in [2.45, 2.75) is 45.7 Å². The third-order valence-electron chi connectivity index (χ3n) is 2.88. The van der Waals surface area contributed by atoms with Crippen LogP contribution in [0.2, 0.25) is 0 Å². The molecule has 0 radical (unpaired) electrons. The highest BCUT2D eigenvalue weighted by Gasteiger charge is 2.19. The first-order valence-electron chi connectivity index (χ1n) is 6.24. The second-order valence-electron chi connectivity index (χ2n) is 5.63. The minimum Gasteiger partial charge on any atom is -0.481 e. The Morgan fingerprint density at radius 1 is 1.47 bits per heavy atom. The maximum absolute atomic E-state index is 10.6. The molecule has 6 nitrogen and oxygen atoms in total. The first kappa shape index (κ1) is 15.2. The minimum atomic E-state index is -0.832. The summed E-state index contributed by atoms with van der Waals surface area (Å²) in [5.41, 5.74) is -0.0433. The van der Waals surface area contributed by atoms with Gasteiger partial charge < -0.3 is 15.3 Å². The van der Waals surface area contributed by atoms with Gasteiger partial charge in [0.15, 0.2) is 0 Å². The second kappa shape index (κ2) is 5.86. The fourth-order valence-corrected chi connectivity index (χ4v) is 1.52. The lowest BCUT2D eigenvalue weighted by molar-refractivity contribution is -0.137. The van der Waals surface area contributed by atoms with Gasteiger partial charge in [0.05, 0.1) is 6.42 Å². The van der Waals surface area contributed by atoms with E-state index in [4.69, 9.17) is 5.11 Å². The Labute approximate surface area is 113 Å². The van der Waals surface area contributed by atoms with Gasteiger partial charge in [0.25, 0.3) is 0 Å². The van der Waals surface area contributed by atoms with Crippen molar-refractivity contribution in [1.82, 2.24) is 9.97 Å². The normalized spacial score (nSPS) is 12.9. The Hall–Kier alpha value is -1.85. The number of carboxylic acid groups (broad SMARTS) is 1. The molecule has 0 spiro atoms.